The van der Waals surface area contributed by atoms with Crippen LogP contribution in [0, 0.1) is 0 Å². The average molecular weight is 532 g/mol. The lowest BCUT2D eigenvalue weighted by atomic mass is 10.1. The Balaban J connectivity index is 1.97. The summed E-state index contributed by atoms with van der Waals surface area (Å²) in [6, 6.07) is 19.7. The molecule has 1 unspecified atom stereocenters. The molecule has 0 aromatic heterocycles. The van der Waals surface area contributed by atoms with Crippen molar-refractivity contribution in [3.05, 3.63) is 66.2 Å². The summed E-state index contributed by atoms with van der Waals surface area (Å²) >= 11 is 0. The Morgan fingerprint density at radius 1 is 0.784 bits per heavy atom. The molecule has 2 aromatic rings. The van der Waals surface area contributed by atoms with Crippen molar-refractivity contribution < 1.29 is 23.3 Å². The lowest BCUT2D eigenvalue weighted by molar-refractivity contribution is -0.147. The first-order valence-electron chi connectivity index (χ1n) is 14.1. The number of ether oxygens (including phenoxy) is 3. The predicted octanol–water partition coefficient (Wildman–Crippen LogP) is 6.29. The summed E-state index contributed by atoms with van der Waals surface area (Å²) in [5, 5.41) is 4.28. The van der Waals surface area contributed by atoms with Crippen molar-refractivity contribution in [3.63, 3.8) is 0 Å². The van der Waals surface area contributed by atoms with E-state index in [2.05, 4.69) is 38.2 Å². The summed E-state index contributed by atoms with van der Waals surface area (Å²) in [4.78, 5) is 0. The fourth-order valence-corrected chi connectivity index (χ4v) is 7.23. The van der Waals surface area contributed by atoms with Crippen LogP contribution in [-0.2, 0) is 29.8 Å². The standard InChI is InChI=1S/C30H46NO5P/c1-4-7-20-33-24-27-28(34-21-8-5-2)29(35-22-9-6-3)30(31-23-25-16-12-10-13-17-25)37(32,36-27)26-18-14-11-15-19-26/h10-19,27-31H,4-9,20-24H2,1-3H3/t27-,28-,29+,30?,37+/m1/s1. The third-order valence-electron chi connectivity index (χ3n) is 6.67. The molecule has 0 spiro atoms. The maximum atomic E-state index is 14.9. The molecule has 0 radical (unpaired) electrons. The molecule has 7 heteroatoms. The van der Waals surface area contributed by atoms with Gasteiger partial charge in [-0.25, -0.2) is 0 Å². The second-order valence-electron chi connectivity index (χ2n) is 9.69. The molecule has 1 aliphatic heterocycles. The minimum absolute atomic E-state index is 0.326. The van der Waals surface area contributed by atoms with E-state index < -0.39 is 25.4 Å². The quantitative estimate of drug-likeness (QED) is 0.191. The predicted molar refractivity (Wildman–Crippen MR) is 151 cm³/mol. The summed E-state index contributed by atoms with van der Waals surface area (Å²) < 4.78 is 40.5. The van der Waals surface area contributed by atoms with Crippen LogP contribution >= 0.6 is 7.37 Å². The maximum absolute atomic E-state index is 14.9. The van der Waals surface area contributed by atoms with Gasteiger partial charge in [-0.1, -0.05) is 88.6 Å². The summed E-state index contributed by atoms with van der Waals surface area (Å²) in [5.41, 5.74) is 1.11. The smallest absolute Gasteiger partial charge is 0.251 e. The van der Waals surface area contributed by atoms with E-state index >= 15 is 0 Å². The van der Waals surface area contributed by atoms with E-state index in [1.54, 1.807) is 0 Å². The van der Waals surface area contributed by atoms with Crippen LogP contribution in [0.2, 0.25) is 0 Å². The molecule has 206 valence electrons. The number of hydrogen-bond acceptors (Lipinski definition) is 6. The van der Waals surface area contributed by atoms with Crippen molar-refractivity contribution in [2.75, 3.05) is 26.4 Å². The zero-order valence-electron chi connectivity index (χ0n) is 22.8. The Kier molecular flexibility index (Phi) is 13.3. The van der Waals surface area contributed by atoms with Crippen molar-refractivity contribution >= 4 is 12.7 Å². The van der Waals surface area contributed by atoms with Crippen molar-refractivity contribution in [1.82, 2.24) is 5.32 Å². The number of unbranched alkanes of at least 4 members (excludes halogenated alkanes) is 3. The average Bonchev–Trinajstić information content (AvgIpc) is 2.93. The third kappa shape index (κ3) is 8.74. The first-order chi connectivity index (χ1) is 18.1. The van der Waals surface area contributed by atoms with Crippen LogP contribution in [0.4, 0.5) is 0 Å². The van der Waals surface area contributed by atoms with Gasteiger partial charge in [0.15, 0.2) is 0 Å². The Bertz CT molecular complexity index is 913. The Morgan fingerprint density at radius 2 is 1.35 bits per heavy atom. The minimum Gasteiger partial charge on any atom is -0.379 e. The molecule has 2 aromatic carbocycles. The Hall–Kier alpha value is -1.53. The van der Waals surface area contributed by atoms with E-state index in [0.29, 0.717) is 38.3 Å². The van der Waals surface area contributed by atoms with Crippen LogP contribution in [0.3, 0.4) is 0 Å². The molecule has 3 rings (SSSR count). The largest absolute Gasteiger partial charge is 0.379 e. The van der Waals surface area contributed by atoms with Gasteiger partial charge in [-0.15, -0.1) is 0 Å². The summed E-state index contributed by atoms with van der Waals surface area (Å²) in [7, 11) is -3.40. The van der Waals surface area contributed by atoms with Gasteiger partial charge >= 0.3 is 0 Å². The maximum Gasteiger partial charge on any atom is 0.251 e. The molecule has 1 fully saturated rings. The highest BCUT2D eigenvalue weighted by Gasteiger charge is 2.54. The second-order valence-corrected chi connectivity index (χ2v) is 12.2. The van der Waals surface area contributed by atoms with Gasteiger partial charge in [0.1, 0.15) is 24.1 Å². The van der Waals surface area contributed by atoms with Crippen LogP contribution < -0.4 is 10.6 Å². The van der Waals surface area contributed by atoms with Crippen molar-refractivity contribution in [2.45, 2.75) is 89.9 Å². The highest BCUT2D eigenvalue weighted by atomic mass is 31.2. The van der Waals surface area contributed by atoms with Crippen molar-refractivity contribution in [1.29, 1.82) is 0 Å². The van der Waals surface area contributed by atoms with Gasteiger partial charge in [0, 0.05) is 31.7 Å². The first kappa shape index (κ1) is 30.0. The zero-order chi connectivity index (χ0) is 26.3. The fourth-order valence-electron chi connectivity index (χ4n) is 4.51. The van der Waals surface area contributed by atoms with Crippen molar-refractivity contribution in [3.8, 4) is 0 Å². The molecular formula is C30H46NO5P. The van der Waals surface area contributed by atoms with Crippen LogP contribution in [0.5, 0.6) is 0 Å². The molecule has 1 aliphatic rings. The lowest BCUT2D eigenvalue weighted by Gasteiger charge is -2.46. The lowest BCUT2D eigenvalue weighted by Crippen LogP contribution is -2.59. The molecule has 0 bridgehead atoms. The third-order valence-corrected chi connectivity index (χ3v) is 9.49. The number of rotatable bonds is 17. The molecule has 1 saturated heterocycles. The van der Waals surface area contributed by atoms with E-state index in [1.807, 2.05) is 48.5 Å². The molecule has 37 heavy (non-hydrogen) atoms. The summed E-state index contributed by atoms with van der Waals surface area (Å²) in [6.45, 7) is 9.14. The normalized spacial score (nSPS) is 25.8. The van der Waals surface area contributed by atoms with Gasteiger partial charge in [-0.2, -0.15) is 0 Å². The molecule has 6 nitrogen and oxygen atoms in total. The number of benzene rings is 2. The highest BCUT2D eigenvalue weighted by molar-refractivity contribution is 7.67. The van der Waals surface area contributed by atoms with Crippen LogP contribution in [-0.4, -0.2) is 50.5 Å². The minimum atomic E-state index is -3.40. The van der Waals surface area contributed by atoms with Gasteiger partial charge in [-0.3, -0.25) is 9.88 Å². The second kappa shape index (κ2) is 16.4. The SMILES string of the molecule is CCCCOC[C@H]1O[P@@](=O)(c2ccccc2)C(NCc2ccccc2)[C@@H](OCCCC)[C@@H]1OCCCC. The molecule has 0 saturated carbocycles. The fraction of sp³-hybridized carbons (Fsp3) is 0.600. The molecule has 1 heterocycles. The molecule has 0 amide bonds. The van der Waals surface area contributed by atoms with Crippen molar-refractivity contribution in [2.24, 2.45) is 0 Å². The van der Waals surface area contributed by atoms with Crippen LogP contribution in [0.1, 0.15) is 64.9 Å². The van der Waals surface area contributed by atoms with Gasteiger partial charge < -0.3 is 18.7 Å². The van der Waals surface area contributed by atoms with E-state index in [4.69, 9.17) is 18.7 Å². The number of hydrogen-bond donors (Lipinski definition) is 1. The van der Waals surface area contributed by atoms with Gasteiger partial charge in [0.05, 0.1) is 6.61 Å². The van der Waals surface area contributed by atoms with Gasteiger partial charge in [0.2, 0.25) is 0 Å². The van der Waals surface area contributed by atoms with Crippen LogP contribution in [0.15, 0.2) is 60.7 Å². The topological polar surface area (TPSA) is 66.0 Å². The van der Waals surface area contributed by atoms with Gasteiger partial charge in [-0.05, 0) is 37.0 Å². The molecule has 1 N–H and O–H groups in total. The number of nitrogens with one attached hydrogen (secondary N) is 1. The summed E-state index contributed by atoms with van der Waals surface area (Å²) in [6.07, 6.45) is 4.65. The summed E-state index contributed by atoms with van der Waals surface area (Å²) in [5.74, 6) is -0.550. The zero-order valence-corrected chi connectivity index (χ0v) is 23.7. The highest BCUT2D eigenvalue weighted by Crippen LogP contribution is 2.57. The van der Waals surface area contributed by atoms with E-state index in [0.717, 1.165) is 44.1 Å². The van der Waals surface area contributed by atoms with Gasteiger partial charge in [0.25, 0.3) is 7.37 Å². The monoisotopic (exact) mass is 531 g/mol. The van der Waals surface area contributed by atoms with E-state index in [9.17, 15) is 4.57 Å². The van der Waals surface area contributed by atoms with E-state index in [1.165, 1.54) is 0 Å². The molecular weight excluding hydrogens is 485 g/mol. The molecule has 5 atom stereocenters. The first-order valence-corrected chi connectivity index (χ1v) is 15.7. The Labute approximate surface area is 223 Å². The van der Waals surface area contributed by atoms with Crippen LogP contribution in [0.25, 0.3) is 0 Å². The Morgan fingerprint density at radius 3 is 1.97 bits per heavy atom. The molecule has 0 aliphatic carbocycles. The van der Waals surface area contributed by atoms with E-state index in [-0.39, 0.29) is 6.10 Å².